The number of aromatic nitrogens is 2. The van der Waals surface area contributed by atoms with E-state index < -0.39 is 0 Å². The Balaban J connectivity index is 1.90. The molecule has 5 nitrogen and oxygen atoms in total. The van der Waals surface area contributed by atoms with Gasteiger partial charge in [-0.15, -0.1) is 0 Å². The minimum atomic E-state index is -0.267. The van der Waals surface area contributed by atoms with Gasteiger partial charge in [0, 0.05) is 5.56 Å². The average Bonchev–Trinajstić information content (AvgIpc) is 2.73. The Bertz CT molecular complexity index is 1260. The SMILES string of the molecule is COc1c(Cl)cc(C=Nn2c(-c3ccccc3)nc3ccccc3c2=O)cc1Cl. The summed E-state index contributed by atoms with van der Waals surface area (Å²) in [5.74, 6) is 0.830. The lowest BCUT2D eigenvalue weighted by molar-refractivity contribution is 0.415. The van der Waals surface area contributed by atoms with Gasteiger partial charge in [0.25, 0.3) is 5.56 Å². The van der Waals surface area contributed by atoms with Gasteiger partial charge in [0.2, 0.25) is 0 Å². The monoisotopic (exact) mass is 423 g/mol. The van der Waals surface area contributed by atoms with Gasteiger partial charge in [-0.2, -0.15) is 9.78 Å². The molecule has 7 heteroatoms. The number of nitrogens with zero attached hydrogens (tertiary/aromatic N) is 3. The Morgan fingerprint density at radius 1 is 1.00 bits per heavy atom. The fourth-order valence-electron chi connectivity index (χ4n) is 2.98. The lowest BCUT2D eigenvalue weighted by Crippen LogP contribution is -2.20. The lowest BCUT2D eigenvalue weighted by Gasteiger charge is -2.10. The van der Waals surface area contributed by atoms with Crippen LogP contribution < -0.4 is 10.3 Å². The van der Waals surface area contributed by atoms with E-state index >= 15 is 0 Å². The largest absolute Gasteiger partial charge is 0.494 e. The van der Waals surface area contributed by atoms with Gasteiger partial charge in [0.1, 0.15) is 0 Å². The fourth-order valence-corrected chi connectivity index (χ4v) is 3.64. The third-order valence-corrected chi connectivity index (χ3v) is 4.89. The maximum absolute atomic E-state index is 13.1. The molecular formula is C22H15Cl2N3O2. The summed E-state index contributed by atoms with van der Waals surface area (Å²) in [6.07, 6.45) is 1.52. The first-order chi connectivity index (χ1) is 14.1. The van der Waals surface area contributed by atoms with Crippen LogP contribution in [0.3, 0.4) is 0 Å². The molecule has 0 bridgehead atoms. The van der Waals surface area contributed by atoms with Gasteiger partial charge in [0.05, 0.1) is 34.3 Å². The van der Waals surface area contributed by atoms with E-state index in [0.717, 1.165) is 5.56 Å². The van der Waals surface area contributed by atoms with Crippen molar-refractivity contribution in [3.8, 4) is 17.1 Å². The molecule has 4 rings (SSSR count). The van der Waals surface area contributed by atoms with Crippen LogP contribution in [0.15, 0.2) is 76.6 Å². The van der Waals surface area contributed by atoms with Gasteiger partial charge in [-0.3, -0.25) is 4.79 Å². The van der Waals surface area contributed by atoms with Crippen molar-refractivity contribution < 1.29 is 4.74 Å². The average molecular weight is 424 g/mol. The Labute approximate surface area is 176 Å². The van der Waals surface area contributed by atoms with Crippen molar-refractivity contribution in [2.24, 2.45) is 5.10 Å². The smallest absolute Gasteiger partial charge is 0.282 e. The molecule has 144 valence electrons. The summed E-state index contributed by atoms with van der Waals surface area (Å²) >= 11 is 12.4. The molecule has 4 aromatic rings. The predicted octanol–water partition coefficient (Wildman–Crippen LogP) is 5.26. The second kappa shape index (κ2) is 8.07. The normalized spacial score (nSPS) is 11.3. The number of benzene rings is 3. The maximum Gasteiger partial charge on any atom is 0.282 e. The summed E-state index contributed by atoms with van der Waals surface area (Å²) in [4.78, 5) is 17.8. The minimum absolute atomic E-state index is 0.267. The molecule has 1 aromatic heterocycles. The first kappa shape index (κ1) is 19.2. The second-order valence-electron chi connectivity index (χ2n) is 6.20. The number of methoxy groups -OCH3 is 1. The highest BCUT2D eigenvalue weighted by atomic mass is 35.5. The van der Waals surface area contributed by atoms with E-state index in [9.17, 15) is 4.79 Å². The van der Waals surface area contributed by atoms with Crippen molar-refractivity contribution in [1.82, 2.24) is 9.66 Å². The van der Waals surface area contributed by atoms with Crippen LogP contribution in [0.2, 0.25) is 10.0 Å². The van der Waals surface area contributed by atoms with Crippen LogP contribution in [0.1, 0.15) is 5.56 Å². The van der Waals surface area contributed by atoms with Crippen LogP contribution in [-0.2, 0) is 0 Å². The van der Waals surface area contributed by atoms with Crippen LogP contribution in [0.5, 0.6) is 5.75 Å². The van der Waals surface area contributed by atoms with Crippen molar-refractivity contribution in [3.63, 3.8) is 0 Å². The number of hydrogen-bond donors (Lipinski definition) is 0. The van der Waals surface area contributed by atoms with Crippen LogP contribution in [0.25, 0.3) is 22.3 Å². The van der Waals surface area contributed by atoms with Gasteiger partial charge in [-0.1, -0.05) is 65.7 Å². The predicted molar refractivity (Wildman–Crippen MR) is 117 cm³/mol. The molecular weight excluding hydrogens is 409 g/mol. The molecule has 0 N–H and O–H groups in total. The molecule has 0 saturated heterocycles. The van der Waals surface area contributed by atoms with Crippen LogP contribution in [0, 0.1) is 0 Å². The van der Waals surface area contributed by atoms with E-state index in [0.29, 0.717) is 38.1 Å². The zero-order valence-electron chi connectivity index (χ0n) is 15.3. The third kappa shape index (κ3) is 3.75. The summed E-state index contributed by atoms with van der Waals surface area (Å²) in [5.41, 5.74) is 1.74. The highest BCUT2D eigenvalue weighted by Crippen LogP contribution is 2.33. The van der Waals surface area contributed by atoms with E-state index in [1.807, 2.05) is 36.4 Å². The molecule has 0 aliphatic heterocycles. The Kier molecular flexibility index (Phi) is 5.34. The number of ether oxygens (including phenoxy) is 1. The quantitative estimate of drug-likeness (QED) is 0.420. The zero-order chi connectivity index (χ0) is 20.4. The first-order valence-electron chi connectivity index (χ1n) is 8.73. The molecule has 0 aliphatic carbocycles. The summed E-state index contributed by atoms with van der Waals surface area (Å²) in [6.45, 7) is 0. The summed E-state index contributed by atoms with van der Waals surface area (Å²) in [6, 6.07) is 19.9. The maximum atomic E-state index is 13.1. The number of rotatable bonds is 4. The Hall–Kier alpha value is -3.15. The lowest BCUT2D eigenvalue weighted by atomic mass is 10.2. The highest BCUT2D eigenvalue weighted by molar-refractivity contribution is 6.37. The van der Waals surface area contributed by atoms with Gasteiger partial charge in [-0.05, 0) is 29.8 Å². The zero-order valence-corrected chi connectivity index (χ0v) is 16.9. The molecule has 0 fully saturated rings. The van der Waals surface area contributed by atoms with E-state index in [1.54, 1.807) is 30.3 Å². The molecule has 0 unspecified atom stereocenters. The van der Waals surface area contributed by atoms with Crippen LogP contribution >= 0.6 is 23.2 Å². The van der Waals surface area contributed by atoms with Crippen molar-refractivity contribution >= 4 is 40.3 Å². The number of halogens is 2. The van der Waals surface area contributed by atoms with Crippen molar-refractivity contribution in [2.75, 3.05) is 7.11 Å². The van der Waals surface area contributed by atoms with Gasteiger partial charge < -0.3 is 4.74 Å². The van der Waals surface area contributed by atoms with E-state index in [-0.39, 0.29) is 5.56 Å². The third-order valence-electron chi connectivity index (χ3n) is 4.33. The number of para-hydroxylation sites is 1. The molecule has 0 radical (unpaired) electrons. The molecule has 3 aromatic carbocycles. The van der Waals surface area contributed by atoms with E-state index in [1.165, 1.54) is 18.0 Å². The molecule has 0 spiro atoms. The number of hydrogen-bond acceptors (Lipinski definition) is 4. The summed E-state index contributed by atoms with van der Waals surface area (Å²) < 4.78 is 6.45. The standard InChI is InChI=1S/C22H15Cl2N3O2/c1-29-20-17(23)11-14(12-18(20)24)13-25-27-21(15-7-3-2-4-8-15)26-19-10-6-5-9-16(19)22(27)28/h2-13H,1H3. The van der Waals surface area contributed by atoms with E-state index in [2.05, 4.69) is 10.1 Å². The number of fused-ring (bicyclic) bond motifs is 1. The van der Waals surface area contributed by atoms with Crippen molar-refractivity contribution in [1.29, 1.82) is 0 Å². The molecule has 0 aliphatic rings. The van der Waals surface area contributed by atoms with Gasteiger partial charge in [-0.25, -0.2) is 4.98 Å². The highest BCUT2D eigenvalue weighted by Gasteiger charge is 2.12. The van der Waals surface area contributed by atoms with Crippen LogP contribution in [-0.4, -0.2) is 23.0 Å². The Morgan fingerprint density at radius 3 is 2.34 bits per heavy atom. The van der Waals surface area contributed by atoms with Crippen molar-refractivity contribution in [2.45, 2.75) is 0 Å². The van der Waals surface area contributed by atoms with Crippen molar-refractivity contribution in [3.05, 3.63) is 92.7 Å². The second-order valence-corrected chi connectivity index (χ2v) is 7.01. The fraction of sp³-hybridized carbons (Fsp3) is 0.0455. The summed E-state index contributed by atoms with van der Waals surface area (Å²) in [5, 5.41) is 5.59. The van der Waals surface area contributed by atoms with Gasteiger partial charge in [0.15, 0.2) is 11.6 Å². The minimum Gasteiger partial charge on any atom is -0.494 e. The molecule has 0 amide bonds. The van der Waals surface area contributed by atoms with Crippen LogP contribution in [0.4, 0.5) is 0 Å². The summed E-state index contributed by atoms with van der Waals surface area (Å²) in [7, 11) is 1.49. The molecule has 1 heterocycles. The molecule has 0 saturated carbocycles. The van der Waals surface area contributed by atoms with Gasteiger partial charge >= 0.3 is 0 Å². The first-order valence-corrected chi connectivity index (χ1v) is 9.48. The molecule has 29 heavy (non-hydrogen) atoms. The topological polar surface area (TPSA) is 56.5 Å². The molecule has 0 atom stereocenters. The Morgan fingerprint density at radius 2 is 1.66 bits per heavy atom. The van der Waals surface area contributed by atoms with E-state index in [4.69, 9.17) is 27.9 Å².